The van der Waals surface area contributed by atoms with Crippen molar-refractivity contribution in [3.63, 3.8) is 0 Å². The molecule has 128 valence electrons. The lowest BCUT2D eigenvalue weighted by Crippen LogP contribution is -2.14. The molecule has 0 aliphatic heterocycles. The molecule has 0 aliphatic rings. The van der Waals surface area contributed by atoms with Crippen molar-refractivity contribution >= 4 is 40.4 Å². The SMILES string of the molecule is Cc1ccc(C(=O)N=c2sc(C)c(-c3ccc(Cl)cc3)n2C)c(Cl)c1. The molecule has 0 unspecified atom stereocenters. The number of hydrogen-bond acceptors (Lipinski definition) is 2. The van der Waals surface area contributed by atoms with Crippen molar-refractivity contribution in [1.82, 2.24) is 4.57 Å². The van der Waals surface area contributed by atoms with Gasteiger partial charge in [0.1, 0.15) is 0 Å². The molecule has 0 bridgehead atoms. The van der Waals surface area contributed by atoms with Crippen LogP contribution in [0.4, 0.5) is 0 Å². The maximum absolute atomic E-state index is 12.5. The summed E-state index contributed by atoms with van der Waals surface area (Å²) in [4.78, 5) is 18.5. The number of rotatable bonds is 2. The third-order valence-corrected chi connectivity index (χ3v) is 5.48. The fourth-order valence-electron chi connectivity index (χ4n) is 2.63. The van der Waals surface area contributed by atoms with Crippen LogP contribution >= 0.6 is 34.5 Å². The molecule has 0 fully saturated rings. The Morgan fingerprint density at radius 2 is 1.76 bits per heavy atom. The first kappa shape index (κ1) is 17.9. The molecule has 0 radical (unpaired) electrons. The summed E-state index contributed by atoms with van der Waals surface area (Å²) in [7, 11) is 1.90. The fraction of sp³-hybridized carbons (Fsp3) is 0.158. The largest absolute Gasteiger partial charge is 0.319 e. The number of hydrogen-bond donors (Lipinski definition) is 0. The summed E-state index contributed by atoms with van der Waals surface area (Å²) in [5.41, 5.74) is 3.46. The molecule has 25 heavy (non-hydrogen) atoms. The predicted octanol–water partition coefficient (Wildman–Crippen LogP) is 5.42. The molecule has 2 aromatic carbocycles. The van der Waals surface area contributed by atoms with Gasteiger partial charge >= 0.3 is 0 Å². The third kappa shape index (κ3) is 3.71. The van der Waals surface area contributed by atoms with E-state index in [4.69, 9.17) is 23.2 Å². The lowest BCUT2D eigenvalue weighted by molar-refractivity contribution is 0.0998. The molecular formula is C19H16Cl2N2OS. The zero-order valence-corrected chi connectivity index (χ0v) is 16.3. The van der Waals surface area contributed by atoms with E-state index in [-0.39, 0.29) is 5.91 Å². The molecule has 0 spiro atoms. The van der Waals surface area contributed by atoms with Crippen LogP contribution in [0.15, 0.2) is 47.5 Å². The first-order valence-corrected chi connectivity index (χ1v) is 9.21. The highest BCUT2D eigenvalue weighted by Crippen LogP contribution is 2.26. The normalized spacial score (nSPS) is 11.8. The van der Waals surface area contributed by atoms with Gasteiger partial charge in [-0.05, 0) is 49.2 Å². The summed E-state index contributed by atoms with van der Waals surface area (Å²) in [6.45, 7) is 3.94. The highest BCUT2D eigenvalue weighted by atomic mass is 35.5. The second-order valence-electron chi connectivity index (χ2n) is 5.76. The number of halogens is 2. The second-order valence-corrected chi connectivity index (χ2v) is 7.78. The van der Waals surface area contributed by atoms with E-state index < -0.39 is 0 Å². The molecule has 0 atom stereocenters. The van der Waals surface area contributed by atoms with Crippen molar-refractivity contribution in [2.24, 2.45) is 12.0 Å². The number of carbonyl (C=O) groups is 1. The maximum Gasteiger partial charge on any atom is 0.281 e. The Morgan fingerprint density at radius 3 is 2.40 bits per heavy atom. The highest BCUT2D eigenvalue weighted by Gasteiger charge is 2.13. The topological polar surface area (TPSA) is 34.4 Å². The zero-order valence-electron chi connectivity index (χ0n) is 14.0. The van der Waals surface area contributed by atoms with E-state index in [1.165, 1.54) is 11.3 Å². The van der Waals surface area contributed by atoms with E-state index in [0.717, 1.165) is 21.7 Å². The van der Waals surface area contributed by atoms with E-state index in [2.05, 4.69) is 4.99 Å². The lowest BCUT2D eigenvalue weighted by atomic mass is 10.1. The number of aromatic nitrogens is 1. The Bertz CT molecular complexity index is 1020. The van der Waals surface area contributed by atoms with Crippen molar-refractivity contribution in [3.05, 3.63) is 73.3 Å². The summed E-state index contributed by atoms with van der Waals surface area (Å²) < 4.78 is 1.92. The van der Waals surface area contributed by atoms with Gasteiger partial charge < -0.3 is 4.57 Å². The summed E-state index contributed by atoms with van der Waals surface area (Å²) >= 11 is 13.6. The van der Waals surface area contributed by atoms with E-state index in [9.17, 15) is 4.79 Å². The van der Waals surface area contributed by atoms with Crippen LogP contribution in [0.5, 0.6) is 0 Å². The molecule has 6 heteroatoms. The first-order chi connectivity index (χ1) is 11.9. The van der Waals surface area contributed by atoms with Crippen LogP contribution in [0.1, 0.15) is 20.8 Å². The van der Waals surface area contributed by atoms with Gasteiger partial charge in [0.15, 0.2) is 4.80 Å². The van der Waals surface area contributed by atoms with Crippen molar-refractivity contribution in [3.8, 4) is 11.3 Å². The molecule has 3 nitrogen and oxygen atoms in total. The van der Waals surface area contributed by atoms with Crippen molar-refractivity contribution in [1.29, 1.82) is 0 Å². The van der Waals surface area contributed by atoms with Gasteiger partial charge in [-0.2, -0.15) is 4.99 Å². The number of carbonyl (C=O) groups excluding carboxylic acids is 1. The van der Waals surface area contributed by atoms with Gasteiger partial charge in [0, 0.05) is 16.9 Å². The average molecular weight is 391 g/mol. The first-order valence-electron chi connectivity index (χ1n) is 7.64. The average Bonchev–Trinajstić information content (AvgIpc) is 2.82. The second kappa shape index (κ2) is 7.16. The van der Waals surface area contributed by atoms with Crippen molar-refractivity contribution in [2.45, 2.75) is 13.8 Å². The predicted molar refractivity (Wildman–Crippen MR) is 105 cm³/mol. The van der Waals surface area contributed by atoms with Gasteiger partial charge in [0.2, 0.25) is 0 Å². The van der Waals surface area contributed by atoms with Gasteiger partial charge in [-0.15, -0.1) is 11.3 Å². The van der Waals surface area contributed by atoms with Gasteiger partial charge in [-0.1, -0.05) is 41.4 Å². The Morgan fingerprint density at radius 1 is 1.08 bits per heavy atom. The van der Waals surface area contributed by atoms with Gasteiger partial charge in [-0.3, -0.25) is 4.79 Å². The van der Waals surface area contributed by atoms with Crippen molar-refractivity contribution in [2.75, 3.05) is 0 Å². The molecule has 3 aromatic rings. The Kier molecular flexibility index (Phi) is 5.13. The lowest BCUT2D eigenvalue weighted by Gasteiger charge is -2.05. The molecular weight excluding hydrogens is 375 g/mol. The minimum absolute atomic E-state index is 0.343. The molecule has 0 saturated carbocycles. The smallest absolute Gasteiger partial charge is 0.281 e. The molecule has 1 aromatic heterocycles. The van der Waals surface area contributed by atoms with E-state index in [1.807, 2.05) is 55.8 Å². The highest BCUT2D eigenvalue weighted by molar-refractivity contribution is 7.09. The van der Waals surface area contributed by atoms with Crippen LogP contribution < -0.4 is 4.80 Å². The molecule has 0 N–H and O–H groups in total. The van der Waals surface area contributed by atoms with Crippen LogP contribution in [0.2, 0.25) is 10.0 Å². The van der Waals surface area contributed by atoms with Crippen LogP contribution in [-0.4, -0.2) is 10.5 Å². The Balaban J connectivity index is 2.06. The van der Waals surface area contributed by atoms with Crippen LogP contribution in [0.3, 0.4) is 0 Å². The summed E-state index contributed by atoms with van der Waals surface area (Å²) in [6, 6.07) is 12.9. The quantitative estimate of drug-likeness (QED) is 0.575. The van der Waals surface area contributed by atoms with E-state index in [0.29, 0.717) is 20.4 Å². The summed E-state index contributed by atoms with van der Waals surface area (Å²) in [5.74, 6) is -0.343. The van der Waals surface area contributed by atoms with Crippen LogP contribution in [0, 0.1) is 13.8 Å². The number of nitrogens with zero attached hydrogens (tertiary/aromatic N) is 2. The minimum atomic E-state index is -0.343. The van der Waals surface area contributed by atoms with Crippen LogP contribution in [0.25, 0.3) is 11.3 Å². The molecule has 0 saturated heterocycles. The number of thiazole rings is 1. The minimum Gasteiger partial charge on any atom is -0.319 e. The Hall–Kier alpha value is -1.88. The van der Waals surface area contributed by atoms with Gasteiger partial charge in [-0.25, -0.2) is 0 Å². The summed E-state index contributed by atoms with van der Waals surface area (Å²) in [6.07, 6.45) is 0. The molecule has 0 aliphatic carbocycles. The van der Waals surface area contributed by atoms with Gasteiger partial charge in [0.05, 0.1) is 16.3 Å². The zero-order chi connectivity index (χ0) is 18.1. The molecule has 3 rings (SSSR count). The number of aryl methyl sites for hydroxylation is 2. The third-order valence-electron chi connectivity index (χ3n) is 3.87. The standard InChI is InChI=1S/C19H16Cl2N2OS/c1-11-4-9-15(16(21)10-11)18(24)22-19-23(3)17(12(2)25-19)13-5-7-14(20)8-6-13/h4-10H,1-3H3. The summed E-state index contributed by atoms with van der Waals surface area (Å²) in [5, 5.41) is 1.11. The van der Waals surface area contributed by atoms with Crippen LogP contribution in [-0.2, 0) is 7.05 Å². The molecule has 1 heterocycles. The number of benzene rings is 2. The van der Waals surface area contributed by atoms with E-state index >= 15 is 0 Å². The van der Waals surface area contributed by atoms with Crippen molar-refractivity contribution < 1.29 is 4.79 Å². The fourth-order valence-corrected chi connectivity index (χ4v) is 4.05. The van der Waals surface area contributed by atoms with Gasteiger partial charge in [0.25, 0.3) is 5.91 Å². The molecule has 1 amide bonds. The Labute approximate surface area is 160 Å². The monoisotopic (exact) mass is 390 g/mol. The van der Waals surface area contributed by atoms with E-state index in [1.54, 1.807) is 12.1 Å². The number of amides is 1. The maximum atomic E-state index is 12.5.